The van der Waals surface area contributed by atoms with Crippen molar-refractivity contribution in [2.75, 3.05) is 11.1 Å². The van der Waals surface area contributed by atoms with Crippen LogP contribution in [-0.2, 0) is 0 Å². The van der Waals surface area contributed by atoms with Crippen molar-refractivity contribution in [2.24, 2.45) is 0 Å². The second-order valence-electron chi connectivity index (χ2n) is 3.27. The summed E-state index contributed by atoms with van der Waals surface area (Å²) in [7, 11) is 0. The van der Waals surface area contributed by atoms with E-state index in [0.29, 0.717) is 17.1 Å². The molecule has 0 unspecified atom stereocenters. The maximum atomic E-state index is 11.8. The van der Waals surface area contributed by atoms with Crippen molar-refractivity contribution in [1.29, 1.82) is 0 Å². The Balaban J connectivity index is 2.17. The highest BCUT2D eigenvalue weighted by atomic mass is 79.9. The molecule has 4 N–H and O–H groups in total. The summed E-state index contributed by atoms with van der Waals surface area (Å²) >= 11 is 3.26. The minimum absolute atomic E-state index is 0.219. The van der Waals surface area contributed by atoms with Gasteiger partial charge in [0.15, 0.2) is 0 Å². The molecule has 1 aromatic heterocycles. The van der Waals surface area contributed by atoms with Gasteiger partial charge in [-0.15, -0.1) is 0 Å². The third-order valence-electron chi connectivity index (χ3n) is 2.10. The number of H-pyrrole nitrogens is 1. The van der Waals surface area contributed by atoms with E-state index in [1.165, 1.54) is 0 Å². The maximum Gasteiger partial charge on any atom is 0.272 e. The van der Waals surface area contributed by atoms with E-state index in [2.05, 4.69) is 26.2 Å². The number of hydrogen-bond acceptors (Lipinski definition) is 2. The third kappa shape index (κ3) is 2.25. The molecule has 82 valence electrons. The molecule has 0 aliphatic carbocycles. The molecule has 5 heteroatoms. The molecule has 0 aliphatic rings. The van der Waals surface area contributed by atoms with Crippen molar-refractivity contribution in [3.63, 3.8) is 0 Å². The highest BCUT2D eigenvalue weighted by Crippen LogP contribution is 2.18. The molecule has 4 nitrogen and oxygen atoms in total. The number of benzene rings is 1. The molecule has 1 amide bonds. The van der Waals surface area contributed by atoms with Crippen LogP contribution >= 0.6 is 15.9 Å². The summed E-state index contributed by atoms with van der Waals surface area (Å²) in [6.07, 6.45) is 1.70. The molecule has 2 aromatic rings. The summed E-state index contributed by atoms with van der Waals surface area (Å²) in [5, 5.41) is 2.72. The van der Waals surface area contributed by atoms with E-state index in [1.807, 2.05) is 12.1 Å². The molecule has 0 spiro atoms. The monoisotopic (exact) mass is 279 g/mol. The van der Waals surface area contributed by atoms with E-state index in [0.717, 1.165) is 4.47 Å². The number of aromatic amines is 1. The predicted molar refractivity (Wildman–Crippen MR) is 67.3 cm³/mol. The minimum Gasteiger partial charge on any atom is -0.397 e. The molecule has 1 heterocycles. The first kappa shape index (κ1) is 10.8. The van der Waals surface area contributed by atoms with Crippen LogP contribution in [0.15, 0.2) is 41.0 Å². The Morgan fingerprint density at radius 2 is 2.12 bits per heavy atom. The molecule has 0 radical (unpaired) electrons. The Morgan fingerprint density at radius 3 is 2.75 bits per heavy atom. The Bertz CT molecular complexity index is 521. The largest absolute Gasteiger partial charge is 0.397 e. The molecular weight excluding hydrogens is 270 g/mol. The average molecular weight is 280 g/mol. The van der Waals surface area contributed by atoms with Crippen molar-refractivity contribution >= 4 is 33.2 Å². The lowest BCUT2D eigenvalue weighted by Gasteiger charge is -2.06. The number of nitrogens with one attached hydrogen (secondary N) is 2. The number of amides is 1. The standard InChI is InChI=1S/C11H10BrN3O/c12-7-5-10(14-6-7)11(16)15-9-4-2-1-3-8(9)13/h1-6,14H,13H2,(H,15,16). The van der Waals surface area contributed by atoms with Crippen LogP contribution in [0.3, 0.4) is 0 Å². The Kier molecular flexibility index (Phi) is 2.96. The summed E-state index contributed by atoms with van der Waals surface area (Å²) in [6, 6.07) is 8.83. The van der Waals surface area contributed by atoms with Gasteiger partial charge in [-0.3, -0.25) is 4.79 Å². The number of carbonyl (C=O) groups is 1. The predicted octanol–water partition coefficient (Wildman–Crippen LogP) is 2.61. The fourth-order valence-electron chi connectivity index (χ4n) is 1.30. The fourth-order valence-corrected chi connectivity index (χ4v) is 1.64. The summed E-state index contributed by atoms with van der Waals surface area (Å²) in [5.74, 6) is -0.219. The van der Waals surface area contributed by atoms with Crippen molar-refractivity contribution in [2.45, 2.75) is 0 Å². The summed E-state index contributed by atoms with van der Waals surface area (Å²) < 4.78 is 0.832. The molecular formula is C11H10BrN3O. The average Bonchev–Trinajstić information content (AvgIpc) is 2.68. The first-order valence-corrected chi connectivity index (χ1v) is 5.46. The fraction of sp³-hybridized carbons (Fsp3) is 0. The highest BCUT2D eigenvalue weighted by Gasteiger charge is 2.09. The number of nitrogens with two attached hydrogens (primary N) is 1. The lowest BCUT2D eigenvalue weighted by Crippen LogP contribution is -2.13. The van der Waals surface area contributed by atoms with Gasteiger partial charge in [-0.05, 0) is 34.1 Å². The first-order valence-electron chi connectivity index (χ1n) is 4.66. The number of nitrogen functional groups attached to an aromatic ring is 1. The molecule has 1 aromatic carbocycles. The minimum atomic E-state index is -0.219. The van der Waals surface area contributed by atoms with Crippen LogP contribution in [0.1, 0.15) is 10.5 Å². The lowest BCUT2D eigenvalue weighted by molar-refractivity contribution is 0.102. The van der Waals surface area contributed by atoms with Gasteiger partial charge in [-0.1, -0.05) is 12.1 Å². The van der Waals surface area contributed by atoms with Gasteiger partial charge in [0.05, 0.1) is 11.4 Å². The van der Waals surface area contributed by atoms with E-state index in [4.69, 9.17) is 5.73 Å². The van der Waals surface area contributed by atoms with E-state index < -0.39 is 0 Å². The highest BCUT2D eigenvalue weighted by molar-refractivity contribution is 9.10. The van der Waals surface area contributed by atoms with Gasteiger partial charge in [0.2, 0.25) is 0 Å². The molecule has 16 heavy (non-hydrogen) atoms. The first-order chi connectivity index (χ1) is 7.66. The van der Waals surface area contributed by atoms with E-state index in [9.17, 15) is 4.79 Å². The van der Waals surface area contributed by atoms with Gasteiger partial charge in [0.1, 0.15) is 5.69 Å². The van der Waals surface area contributed by atoms with Crippen LogP contribution in [0.5, 0.6) is 0 Å². The zero-order valence-corrected chi connectivity index (χ0v) is 9.91. The van der Waals surface area contributed by atoms with Crippen LogP contribution in [-0.4, -0.2) is 10.9 Å². The molecule has 2 rings (SSSR count). The molecule has 0 atom stereocenters. The second kappa shape index (κ2) is 4.40. The number of para-hydroxylation sites is 2. The maximum absolute atomic E-state index is 11.8. The quantitative estimate of drug-likeness (QED) is 0.740. The van der Waals surface area contributed by atoms with Crippen molar-refractivity contribution in [3.8, 4) is 0 Å². The smallest absolute Gasteiger partial charge is 0.272 e. The summed E-state index contributed by atoms with van der Waals surface area (Å²) in [4.78, 5) is 14.6. The van der Waals surface area contributed by atoms with Gasteiger partial charge < -0.3 is 16.0 Å². The van der Waals surface area contributed by atoms with E-state index >= 15 is 0 Å². The van der Waals surface area contributed by atoms with Gasteiger partial charge in [0.25, 0.3) is 5.91 Å². The number of anilines is 2. The molecule has 0 bridgehead atoms. The number of aromatic nitrogens is 1. The van der Waals surface area contributed by atoms with E-state index in [1.54, 1.807) is 24.4 Å². The zero-order valence-electron chi connectivity index (χ0n) is 8.33. The lowest BCUT2D eigenvalue weighted by atomic mass is 10.2. The van der Waals surface area contributed by atoms with Gasteiger partial charge in [0, 0.05) is 10.7 Å². The number of hydrogen-bond donors (Lipinski definition) is 3. The third-order valence-corrected chi connectivity index (χ3v) is 2.56. The van der Waals surface area contributed by atoms with E-state index in [-0.39, 0.29) is 5.91 Å². The van der Waals surface area contributed by atoms with Crippen LogP contribution < -0.4 is 11.1 Å². The normalized spacial score (nSPS) is 10.1. The summed E-state index contributed by atoms with van der Waals surface area (Å²) in [5.41, 5.74) is 7.35. The Morgan fingerprint density at radius 1 is 1.38 bits per heavy atom. The molecule has 0 saturated heterocycles. The van der Waals surface area contributed by atoms with Crippen molar-refractivity contribution in [1.82, 2.24) is 4.98 Å². The van der Waals surface area contributed by atoms with Crippen LogP contribution in [0.2, 0.25) is 0 Å². The number of carbonyl (C=O) groups excluding carboxylic acids is 1. The van der Waals surface area contributed by atoms with Crippen molar-refractivity contribution < 1.29 is 4.79 Å². The number of rotatable bonds is 2. The van der Waals surface area contributed by atoms with Crippen LogP contribution in [0.4, 0.5) is 11.4 Å². The molecule has 0 aliphatic heterocycles. The topological polar surface area (TPSA) is 70.9 Å². The van der Waals surface area contributed by atoms with Gasteiger partial charge in [-0.2, -0.15) is 0 Å². The van der Waals surface area contributed by atoms with Gasteiger partial charge >= 0.3 is 0 Å². The van der Waals surface area contributed by atoms with Crippen LogP contribution in [0, 0.1) is 0 Å². The zero-order chi connectivity index (χ0) is 11.5. The van der Waals surface area contributed by atoms with Crippen molar-refractivity contribution in [3.05, 3.63) is 46.7 Å². The summed E-state index contributed by atoms with van der Waals surface area (Å²) in [6.45, 7) is 0. The molecule has 0 saturated carbocycles. The molecule has 0 fully saturated rings. The number of halogens is 1. The van der Waals surface area contributed by atoms with Gasteiger partial charge in [-0.25, -0.2) is 0 Å². The Labute approximate surface area is 101 Å². The Hall–Kier alpha value is -1.75. The SMILES string of the molecule is Nc1ccccc1NC(=O)c1cc(Br)c[nH]1. The second-order valence-corrected chi connectivity index (χ2v) is 4.19. The van der Waals surface area contributed by atoms with Crippen LogP contribution in [0.25, 0.3) is 0 Å².